The van der Waals surface area contributed by atoms with Gasteiger partial charge in [-0.2, -0.15) is 0 Å². The SMILES string of the molecule is C[C@H](N)[C@H](O)COC(c1ccccc1)c1ccccc1. The van der Waals surface area contributed by atoms with Crippen LogP contribution in [-0.4, -0.2) is 23.9 Å². The van der Waals surface area contributed by atoms with Crippen LogP contribution in [0.2, 0.25) is 0 Å². The van der Waals surface area contributed by atoms with Crippen LogP contribution < -0.4 is 5.73 Å². The summed E-state index contributed by atoms with van der Waals surface area (Å²) in [6.45, 7) is 1.99. The highest BCUT2D eigenvalue weighted by Gasteiger charge is 2.17. The fourth-order valence-corrected chi connectivity index (χ4v) is 1.99. The zero-order valence-electron chi connectivity index (χ0n) is 11.6. The average Bonchev–Trinajstić information content (AvgIpc) is 2.49. The van der Waals surface area contributed by atoms with Gasteiger partial charge in [-0.1, -0.05) is 60.7 Å². The van der Waals surface area contributed by atoms with Crippen molar-refractivity contribution in [2.75, 3.05) is 6.61 Å². The number of aliphatic hydroxyl groups excluding tert-OH is 1. The normalized spacial score (nSPS) is 14.2. The molecule has 0 spiro atoms. The molecule has 20 heavy (non-hydrogen) atoms. The van der Waals surface area contributed by atoms with Crippen molar-refractivity contribution < 1.29 is 9.84 Å². The van der Waals surface area contributed by atoms with Crippen molar-refractivity contribution >= 4 is 0 Å². The molecular formula is C17H21NO2. The molecule has 0 heterocycles. The lowest BCUT2D eigenvalue weighted by atomic mass is 10.0. The van der Waals surface area contributed by atoms with Gasteiger partial charge in [-0.25, -0.2) is 0 Å². The molecule has 3 N–H and O–H groups in total. The van der Waals surface area contributed by atoms with Crippen LogP contribution >= 0.6 is 0 Å². The minimum atomic E-state index is -0.662. The number of hydrogen-bond donors (Lipinski definition) is 2. The predicted molar refractivity (Wildman–Crippen MR) is 80.3 cm³/mol. The van der Waals surface area contributed by atoms with Gasteiger partial charge in [-0.15, -0.1) is 0 Å². The molecule has 0 aliphatic rings. The highest BCUT2D eigenvalue weighted by atomic mass is 16.5. The molecule has 3 nitrogen and oxygen atoms in total. The number of hydrogen-bond acceptors (Lipinski definition) is 3. The third-order valence-corrected chi connectivity index (χ3v) is 3.25. The Morgan fingerprint density at radius 1 is 0.950 bits per heavy atom. The number of rotatable bonds is 6. The van der Waals surface area contributed by atoms with Gasteiger partial charge in [0.15, 0.2) is 0 Å². The van der Waals surface area contributed by atoms with Crippen molar-refractivity contribution in [3.05, 3.63) is 71.8 Å². The molecule has 106 valence electrons. The number of ether oxygens (including phenoxy) is 1. The second-order valence-electron chi connectivity index (χ2n) is 4.96. The largest absolute Gasteiger partial charge is 0.389 e. The number of aliphatic hydroxyl groups is 1. The standard InChI is InChI=1S/C17H21NO2/c1-13(18)16(19)12-20-17(14-8-4-2-5-9-14)15-10-6-3-7-11-15/h2-11,13,16-17,19H,12,18H2,1H3/t13-,16+/m0/s1. The van der Waals surface area contributed by atoms with Crippen LogP contribution in [0.1, 0.15) is 24.2 Å². The highest BCUT2D eigenvalue weighted by Crippen LogP contribution is 2.25. The lowest BCUT2D eigenvalue weighted by Crippen LogP contribution is -2.35. The number of nitrogens with two attached hydrogens (primary N) is 1. The fourth-order valence-electron chi connectivity index (χ4n) is 1.99. The van der Waals surface area contributed by atoms with Gasteiger partial charge in [-0.3, -0.25) is 0 Å². The van der Waals surface area contributed by atoms with Gasteiger partial charge in [-0.05, 0) is 18.1 Å². The fraction of sp³-hybridized carbons (Fsp3) is 0.294. The maximum atomic E-state index is 9.82. The summed E-state index contributed by atoms with van der Waals surface area (Å²) in [5.74, 6) is 0. The smallest absolute Gasteiger partial charge is 0.108 e. The van der Waals surface area contributed by atoms with E-state index in [1.54, 1.807) is 6.92 Å². The zero-order valence-corrected chi connectivity index (χ0v) is 11.6. The molecule has 0 aliphatic carbocycles. The van der Waals surface area contributed by atoms with Gasteiger partial charge in [0.2, 0.25) is 0 Å². The van der Waals surface area contributed by atoms with Crippen molar-refractivity contribution in [1.82, 2.24) is 0 Å². The third-order valence-electron chi connectivity index (χ3n) is 3.25. The molecule has 0 radical (unpaired) electrons. The molecule has 0 aromatic heterocycles. The van der Waals surface area contributed by atoms with Gasteiger partial charge in [0.25, 0.3) is 0 Å². The Bertz CT molecular complexity index is 459. The van der Waals surface area contributed by atoms with Crippen LogP contribution in [0.4, 0.5) is 0 Å². The average molecular weight is 271 g/mol. The molecule has 3 heteroatoms. The van der Waals surface area contributed by atoms with Crippen molar-refractivity contribution in [3.8, 4) is 0 Å². The van der Waals surface area contributed by atoms with Crippen LogP contribution in [0.25, 0.3) is 0 Å². The minimum Gasteiger partial charge on any atom is -0.389 e. The third kappa shape index (κ3) is 3.90. The van der Waals surface area contributed by atoms with Crippen molar-refractivity contribution in [2.45, 2.75) is 25.2 Å². The van der Waals surface area contributed by atoms with E-state index in [9.17, 15) is 5.11 Å². The van der Waals surface area contributed by atoms with Crippen molar-refractivity contribution in [3.63, 3.8) is 0 Å². The first kappa shape index (κ1) is 14.7. The second kappa shape index (κ2) is 7.20. The Morgan fingerprint density at radius 3 is 1.80 bits per heavy atom. The molecule has 2 aromatic rings. The summed E-state index contributed by atoms with van der Waals surface area (Å²) in [4.78, 5) is 0. The lowest BCUT2D eigenvalue weighted by molar-refractivity contribution is -0.00185. The van der Waals surface area contributed by atoms with Gasteiger partial charge in [0, 0.05) is 6.04 Å². The topological polar surface area (TPSA) is 55.5 Å². The molecule has 0 amide bonds. The van der Waals surface area contributed by atoms with Crippen molar-refractivity contribution in [1.29, 1.82) is 0 Å². The Kier molecular flexibility index (Phi) is 5.30. The lowest BCUT2D eigenvalue weighted by Gasteiger charge is -2.22. The maximum absolute atomic E-state index is 9.82. The Hall–Kier alpha value is -1.68. The van der Waals surface area contributed by atoms with Crippen molar-refractivity contribution in [2.24, 2.45) is 5.73 Å². The summed E-state index contributed by atoms with van der Waals surface area (Å²) in [5.41, 5.74) is 7.80. The van der Waals surface area contributed by atoms with Crippen LogP contribution in [0.3, 0.4) is 0 Å². The summed E-state index contributed by atoms with van der Waals surface area (Å²) in [6, 6.07) is 19.7. The molecule has 0 unspecified atom stereocenters. The van der Waals surface area contributed by atoms with Gasteiger partial charge < -0.3 is 15.6 Å². The summed E-state index contributed by atoms with van der Waals surface area (Å²) in [7, 11) is 0. The van der Waals surface area contributed by atoms with E-state index in [4.69, 9.17) is 10.5 Å². The van der Waals surface area contributed by atoms with Crippen LogP contribution in [-0.2, 0) is 4.74 Å². The molecule has 0 saturated heterocycles. The van der Waals surface area contributed by atoms with Gasteiger partial charge >= 0.3 is 0 Å². The van der Waals surface area contributed by atoms with E-state index in [0.29, 0.717) is 0 Å². The van der Waals surface area contributed by atoms with E-state index in [1.807, 2.05) is 60.7 Å². The second-order valence-corrected chi connectivity index (χ2v) is 4.96. The molecular weight excluding hydrogens is 250 g/mol. The molecule has 0 bridgehead atoms. The summed E-state index contributed by atoms with van der Waals surface area (Å²) < 4.78 is 5.91. The number of benzene rings is 2. The van der Waals surface area contributed by atoms with Crippen LogP contribution in [0.5, 0.6) is 0 Å². The zero-order chi connectivity index (χ0) is 14.4. The first-order valence-electron chi connectivity index (χ1n) is 6.83. The van der Waals surface area contributed by atoms with E-state index in [-0.39, 0.29) is 18.8 Å². The van der Waals surface area contributed by atoms with E-state index in [2.05, 4.69) is 0 Å². The summed E-state index contributed by atoms with van der Waals surface area (Å²) in [5, 5.41) is 9.82. The van der Waals surface area contributed by atoms with Crippen LogP contribution in [0, 0.1) is 0 Å². The van der Waals surface area contributed by atoms with E-state index < -0.39 is 6.10 Å². The van der Waals surface area contributed by atoms with Crippen LogP contribution in [0.15, 0.2) is 60.7 Å². The molecule has 0 saturated carbocycles. The summed E-state index contributed by atoms with van der Waals surface area (Å²) in [6.07, 6.45) is -0.851. The Labute approximate surface area is 120 Å². The minimum absolute atomic E-state index is 0.189. The quantitative estimate of drug-likeness (QED) is 0.848. The van der Waals surface area contributed by atoms with E-state index in [1.165, 1.54) is 0 Å². The Morgan fingerprint density at radius 2 is 1.40 bits per heavy atom. The van der Waals surface area contributed by atoms with Gasteiger partial charge in [0.05, 0.1) is 12.7 Å². The first-order valence-corrected chi connectivity index (χ1v) is 6.83. The Balaban J connectivity index is 2.17. The molecule has 0 fully saturated rings. The predicted octanol–water partition coefficient (Wildman–Crippen LogP) is 2.50. The molecule has 2 atom stereocenters. The first-order chi connectivity index (χ1) is 9.68. The monoisotopic (exact) mass is 271 g/mol. The maximum Gasteiger partial charge on any atom is 0.108 e. The molecule has 0 aliphatic heterocycles. The van der Waals surface area contributed by atoms with E-state index in [0.717, 1.165) is 11.1 Å². The molecule has 2 rings (SSSR count). The summed E-state index contributed by atoms with van der Waals surface area (Å²) >= 11 is 0. The highest BCUT2D eigenvalue weighted by molar-refractivity contribution is 5.29. The molecule has 2 aromatic carbocycles. The van der Waals surface area contributed by atoms with Gasteiger partial charge in [0.1, 0.15) is 6.10 Å². The van der Waals surface area contributed by atoms with E-state index >= 15 is 0 Å².